The van der Waals surface area contributed by atoms with Gasteiger partial charge in [0.2, 0.25) is 0 Å². The molecule has 2 aromatic rings. The van der Waals surface area contributed by atoms with E-state index in [2.05, 4.69) is 4.72 Å². The monoisotopic (exact) mass is 301 g/mol. The molecule has 2 aromatic carbocycles. The summed E-state index contributed by atoms with van der Waals surface area (Å²) in [5.41, 5.74) is 7.50. The van der Waals surface area contributed by atoms with E-state index >= 15 is 0 Å². The molecular formula is C15H15N3O2S. The van der Waals surface area contributed by atoms with Crippen molar-refractivity contribution in [3.63, 3.8) is 0 Å². The summed E-state index contributed by atoms with van der Waals surface area (Å²) in [5, 5.41) is 9.04. The third-order valence-electron chi connectivity index (χ3n) is 3.03. The summed E-state index contributed by atoms with van der Waals surface area (Å²) >= 11 is 0. The predicted octanol–water partition coefficient (Wildman–Crippen LogP) is 2.50. The summed E-state index contributed by atoms with van der Waals surface area (Å²) in [6, 6.07) is 13.1. The first-order valence-corrected chi connectivity index (χ1v) is 7.86. The predicted molar refractivity (Wildman–Crippen MR) is 82.2 cm³/mol. The minimum Gasteiger partial charge on any atom is -0.399 e. The van der Waals surface area contributed by atoms with Gasteiger partial charge in [0.25, 0.3) is 10.0 Å². The van der Waals surface area contributed by atoms with E-state index < -0.39 is 10.0 Å². The Bertz CT molecular complexity index is 791. The summed E-state index contributed by atoms with van der Waals surface area (Å²) in [6.45, 7) is 2.02. The number of nitrogens with zero attached hydrogens (tertiary/aromatic N) is 1. The highest BCUT2D eigenvalue weighted by Crippen LogP contribution is 2.21. The molecule has 108 valence electrons. The molecule has 0 radical (unpaired) electrons. The second kappa shape index (κ2) is 5.85. The number of hydrogen-bond acceptors (Lipinski definition) is 4. The van der Waals surface area contributed by atoms with E-state index in [-0.39, 0.29) is 10.5 Å². The van der Waals surface area contributed by atoms with E-state index in [9.17, 15) is 8.42 Å². The first kappa shape index (κ1) is 14.9. The molecule has 0 bridgehead atoms. The quantitative estimate of drug-likeness (QED) is 0.848. The van der Waals surface area contributed by atoms with Crippen molar-refractivity contribution in [3.8, 4) is 6.07 Å². The van der Waals surface area contributed by atoms with Crippen LogP contribution in [0.15, 0.2) is 47.4 Å². The number of anilines is 2. The third kappa shape index (κ3) is 3.33. The molecule has 21 heavy (non-hydrogen) atoms. The molecule has 0 spiro atoms. The maximum Gasteiger partial charge on any atom is 0.263 e. The zero-order valence-electron chi connectivity index (χ0n) is 11.5. The van der Waals surface area contributed by atoms with Gasteiger partial charge in [0.05, 0.1) is 5.56 Å². The number of nitrogen functional groups attached to an aromatic ring is 1. The van der Waals surface area contributed by atoms with Gasteiger partial charge in [-0.3, -0.25) is 4.72 Å². The summed E-state index contributed by atoms with van der Waals surface area (Å²) in [5.74, 6) is 0. The maximum absolute atomic E-state index is 12.3. The Kier molecular flexibility index (Phi) is 4.15. The van der Waals surface area contributed by atoms with Crippen molar-refractivity contribution in [1.82, 2.24) is 0 Å². The molecule has 0 unspecified atom stereocenters. The number of nitriles is 1. The topological polar surface area (TPSA) is 96.0 Å². The molecule has 2 rings (SSSR count). The van der Waals surface area contributed by atoms with Gasteiger partial charge in [-0.15, -0.1) is 0 Å². The number of hydrogen-bond donors (Lipinski definition) is 2. The van der Waals surface area contributed by atoms with Crippen LogP contribution in [0.2, 0.25) is 0 Å². The molecule has 0 aliphatic carbocycles. The normalized spacial score (nSPS) is 10.9. The molecule has 5 nitrogen and oxygen atoms in total. The van der Waals surface area contributed by atoms with E-state index in [0.29, 0.717) is 11.4 Å². The lowest BCUT2D eigenvalue weighted by molar-refractivity contribution is 0.601. The molecule has 3 N–H and O–H groups in total. The van der Waals surface area contributed by atoms with Crippen molar-refractivity contribution in [2.75, 3.05) is 10.5 Å². The third-order valence-corrected chi connectivity index (χ3v) is 4.47. The molecule has 0 saturated carbocycles. The van der Waals surface area contributed by atoms with Crippen molar-refractivity contribution in [1.29, 1.82) is 5.26 Å². The molecule has 0 heterocycles. The highest BCUT2D eigenvalue weighted by atomic mass is 32.2. The van der Waals surface area contributed by atoms with Crippen molar-refractivity contribution in [2.45, 2.75) is 18.2 Å². The van der Waals surface area contributed by atoms with E-state index in [1.165, 1.54) is 18.2 Å². The van der Waals surface area contributed by atoms with Crippen LogP contribution in [0.25, 0.3) is 0 Å². The number of rotatable bonds is 4. The van der Waals surface area contributed by atoms with E-state index in [0.717, 1.165) is 12.0 Å². The smallest absolute Gasteiger partial charge is 0.263 e. The van der Waals surface area contributed by atoms with Gasteiger partial charge >= 0.3 is 0 Å². The van der Waals surface area contributed by atoms with Crippen LogP contribution in [0.4, 0.5) is 11.4 Å². The Labute approximate surface area is 124 Å². The Balaban J connectivity index is 2.36. The first-order chi connectivity index (χ1) is 9.96. The number of aryl methyl sites for hydroxylation is 1. The molecule has 6 heteroatoms. The highest BCUT2D eigenvalue weighted by Gasteiger charge is 2.18. The minimum atomic E-state index is -3.82. The lowest BCUT2D eigenvalue weighted by atomic mass is 10.2. The van der Waals surface area contributed by atoms with Gasteiger partial charge in [0.15, 0.2) is 0 Å². The van der Waals surface area contributed by atoms with Gasteiger partial charge < -0.3 is 5.73 Å². The fourth-order valence-corrected chi connectivity index (χ4v) is 3.09. The number of nitrogens with two attached hydrogens (primary N) is 1. The fraction of sp³-hybridized carbons (Fsp3) is 0.133. The molecule has 0 aliphatic rings. The van der Waals surface area contributed by atoms with Crippen LogP contribution in [0.5, 0.6) is 0 Å². The van der Waals surface area contributed by atoms with Crippen LogP contribution in [-0.4, -0.2) is 8.42 Å². The highest BCUT2D eigenvalue weighted by molar-refractivity contribution is 7.92. The number of sulfonamides is 1. The largest absolute Gasteiger partial charge is 0.399 e. The summed E-state index contributed by atoms with van der Waals surface area (Å²) in [6.07, 6.45) is 0.879. The van der Waals surface area contributed by atoms with E-state index in [4.69, 9.17) is 11.0 Å². The van der Waals surface area contributed by atoms with Crippen LogP contribution < -0.4 is 10.5 Å². The van der Waals surface area contributed by atoms with Gasteiger partial charge in [-0.2, -0.15) is 5.26 Å². The van der Waals surface area contributed by atoms with Gasteiger partial charge in [-0.05, 0) is 42.3 Å². The molecule has 0 aromatic heterocycles. The Morgan fingerprint density at radius 2 is 1.86 bits per heavy atom. The Hall–Kier alpha value is -2.52. The van der Waals surface area contributed by atoms with Gasteiger partial charge in [-0.1, -0.05) is 19.1 Å². The second-order valence-electron chi connectivity index (χ2n) is 4.52. The summed E-state index contributed by atoms with van der Waals surface area (Å²) in [7, 11) is -3.82. The van der Waals surface area contributed by atoms with Crippen molar-refractivity contribution in [2.24, 2.45) is 0 Å². The van der Waals surface area contributed by atoms with Crippen LogP contribution in [0.1, 0.15) is 18.1 Å². The molecule has 0 atom stereocenters. The van der Waals surface area contributed by atoms with E-state index in [1.54, 1.807) is 12.1 Å². The lowest BCUT2D eigenvalue weighted by Gasteiger charge is -2.10. The fourth-order valence-electron chi connectivity index (χ4n) is 1.89. The van der Waals surface area contributed by atoms with Gasteiger partial charge in [-0.25, -0.2) is 8.42 Å². The standard InChI is InChI=1S/C15H15N3O2S/c1-2-11-3-6-14(7-4-11)18-21(19,20)15-8-5-13(17)9-12(15)10-16/h3-9,18H,2,17H2,1H3. The molecule has 0 saturated heterocycles. The number of benzene rings is 2. The second-order valence-corrected chi connectivity index (χ2v) is 6.17. The van der Waals surface area contributed by atoms with Crippen LogP contribution in [-0.2, 0) is 16.4 Å². The zero-order chi connectivity index (χ0) is 15.5. The molecule has 0 aliphatic heterocycles. The van der Waals surface area contributed by atoms with Crippen molar-refractivity contribution < 1.29 is 8.42 Å². The average molecular weight is 301 g/mol. The Morgan fingerprint density at radius 3 is 2.43 bits per heavy atom. The van der Waals surface area contributed by atoms with Crippen LogP contribution in [0, 0.1) is 11.3 Å². The van der Waals surface area contributed by atoms with Gasteiger partial charge in [0.1, 0.15) is 11.0 Å². The summed E-state index contributed by atoms with van der Waals surface area (Å²) < 4.78 is 27.1. The SMILES string of the molecule is CCc1ccc(NS(=O)(=O)c2ccc(N)cc2C#N)cc1. The average Bonchev–Trinajstić information content (AvgIpc) is 2.47. The summed E-state index contributed by atoms with van der Waals surface area (Å²) in [4.78, 5) is -0.0845. The molecule has 0 amide bonds. The van der Waals surface area contributed by atoms with E-state index in [1.807, 2.05) is 25.1 Å². The first-order valence-electron chi connectivity index (χ1n) is 6.37. The van der Waals surface area contributed by atoms with Gasteiger partial charge in [0, 0.05) is 11.4 Å². The van der Waals surface area contributed by atoms with Crippen molar-refractivity contribution >= 4 is 21.4 Å². The molecule has 0 fully saturated rings. The zero-order valence-corrected chi connectivity index (χ0v) is 12.3. The molecular weight excluding hydrogens is 286 g/mol. The van der Waals surface area contributed by atoms with Crippen LogP contribution in [0.3, 0.4) is 0 Å². The maximum atomic E-state index is 12.3. The minimum absolute atomic E-state index is 0.0210. The van der Waals surface area contributed by atoms with Crippen molar-refractivity contribution in [3.05, 3.63) is 53.6 Å². The Morgan fingerprint density at radius 1 is 1.19 bits per heavy atom. The number of nitrogens with one attached hydrogen (secondary N) is 1. The van der Waals surface area contributed by atoms with Crippen LogP contribution >= 0.6 is 0 Å². The lowest BCUT2D eigenvalue weighted by Crippen LogP contribution is -2.14.